The van der Waals surface area contributed by atoms with Gasteiger partial charge in [0.1, 0.15) is 5.69 Å². The fourth-order valence-electron chi connectivity index (χ4n) is 8.67. The molecule has 4 fully saturated rings. The van der Waals surface area contributed by atoms with Gasteiger partial charge in [0.15, 0.2) is 5.82 Å². The van der Waals surface area contributed by atoms with Crippen molar-refractivity contribution in [1.29, 1.82) is 0 Å². The lowest BCUT2D eigenvalue weighted by atomic mass is 9.71. The molecule has 4 heterocycles. The highest BCUT2D eigenvalue weighted by atomic mass is 16.5. The van der Waals surface area contributed by atoms with Crippen LogP contribution in [0, 0.1) is 17.8 Å². The van der Waals surface area contributed by atoms with Crippen LogP contribution < -0.4 is 4.74 Å². The Balaban J connectivity index is 1.24. The maximum absolute atomic E-state index is 5.27. The molecule has 0 N–H and O–H groups in total. The minimum absolute atomic E-state index is 0.436. The largest absolute Gasteiger partial charge is 0.480 e. The fraction of sp³-hybridized carbons (Fsp3) is 0.645. The number of rotatable bonds is 4. The summed E-state index contributed by atoms with van der Waals surface area (Å²) in [5, 5.41) is 0. The Bertz CT molecular complexity index is 1220. The number of para-hydroxylation sites is 2. The number of methoxy groups -OCH3 is 1. The second-order valence-corrected chi connectivity index (χ2v) is 12.5. The molecule has 4 aliphatic rings. The van der Waals surface area contributed by atoms with Crippen LogP contribution in [-0.4, -0.2) is 49.7 Å². The van der Waals surface area contributed by atoms with Crippen molar-refractivity contribution >= 4 is 11.0 Å². The number of imidazole rings is 1. The second-order valence-electron chi connectivity index (χ2n) is 12.5. The van der Waals surface area contributed by atoms with Crippen LogP contribution in [0.4, 0.5) is 0 Å². The molecule has 2 saturated carbocycles. The van der Waals surface area contributed by atoms with Gasteiger partial charge in [-0.3, -0.25) is 4.90 Å². The summed E-state index contributed by atoms with van der Waals surface area (Å²) in [5.74, 6) is 4.18. The zero-order chi connectivity index (χ0) is 24.9. The molecule has 2 aliphatic heterocycles. The van der Waals surface area contributed by atoms with Gasteiger partial charge in [0.05, 0.1) is 30.5 Å². The molecule has 0 spiro atoms. The van der Waals surface area contributed by atoms with Gasteiger partial charge in [-0.25, -0.2) is 15.0 Å². The van der Waals surface area contributed by atoms with Crippen molar-refractivity contribution in [2.24, 2.45) is 17.8 Å². The third kappa shape index (κ3) is 4.25. The molecule has 4 bridgehead atoms. The van der Waals surface area contributed by atoms with E-state index in [0.29, 0.717) is 24.0 Å². The monoisotopic (exact) mass is 499 g/mol. The summed E-state index contributed by atoms with van der Waals surface area (Å²) in [6, 6.07) is 11.2. The minimum atomic E-state index is 0.436. The molecule has 6 heteroatoms. The van der Waals surface area contributed by atoms with E-state index < -0.39 is 0 Å². The first-order valence-corrected chi connectivity index (χ1v) is 14.8. The number of piperidine rings is 2. The van der Waals surface area contributed by atoms with E-state index in [2.05, 4.69) is 45.6 Å². The lowest BCUT2D eigenvalue weighted by molar-refractivity contribution is -0.0637. The predicted molar refractivity (Wildman–Crippen MR) is 146 cm³/mol. The summed E-state index contributed by atoms with van der Waals surface area (Å²) in [6.07, 6.45) is 18.9. The van der Waals surface area contributed by atoms with E-state index in [1.54, 1.807) is 13.3 Å². The van der Waals surface area contributed by atoms with E-state index in [9.17, 15) is 0 Å². The average molecular weight is 500 g/mol. The van der Waals surface area contributed by atoms with Crippen molar-refractivity contribution in [2.45, 2.75) is 102 Å². The van der Waals surface area contributed by atoms with Gasteiger partial charge in [-0.1, -0.05) is 44.7 Å². The van der Waals surface area contributed by atoms with Crippen LogP contribution in [0.2, 0.25) is 0 Å². The maximum Gasteiger partial charge on any atom is 0.232 e. The maximum atomic E-state index is 5.27. The SMILES string of the molecule is COc1cnc(-c2nc3ccccc3n2[C@H]2C[C@H]3CC[C@H](C)[C@@H](C2)N3C2C[C@H]3CCCC[C@@H](C2)C3)cn1. The molecule has 0 amide bonds. The predicted octanol–water partition coefficient (Wildman–Crippen LogP) is 6.66. The molecule has 7 atom stereocenters. The summed E-state index contributed by atoms with van der Waals surface area (Å²) >= 11 is 0. The van der Waals surface area contributed by atoms with Crippen molar-refractivity contribution in [3.05, 3.63) is 36.7 Å². The molecular weight excluding hydrogens is 458 g/mol. The number of aromatic nitrogens is 4. The molecule has 3 aromatic rings. The molecule has 7 rings (SSSR count). The third-order valence-electron chi connectivity index (χ3n) is 10.3. The van der Waals surface area contributed by atoms with E-state index in [4.69, 9.17) is 14.7 Å². The Kier molecular flexibility index (Phi) is 6.19. The van der Waals surface area contributed by atoms with E-state index >= 15 is 0 Å². The van der Waals surface area contributed by atoms with Gasteiger partial charge in [-0.05, 0) is 74.8 Å². The molecular formula is C31H41N5O. The molecule has 1 aromatic carbocycles. The molecule has 2 saturated heterocycles. The van der Waals surface area contributed by atoms with Crippen LogP contribution in [0.25, 0.3) is 22.6 Å². The number of nitrogens with zero attached hydrogens (tertiary/aromatic N) is 5. The lowest BCUT2D eigenvalue weighted by Crippen LogP contribution is -2.60. The number of fused-ring (bicyclic) bond motifs is 5. The molecule has 2 aliphatic carbocycles. The first-order valence-electron chi connectivity index (χ1n) is 14.8. The number of benzene rings is 1. The fourth-order valence-corrected chi connectivity index (χ4v) is 8.67. The van der Waals surface area contributed by atoms with Gasteiger partial charge >= 0.3 is 0 Å². The van der Waals surface area contributed by atoms with Gasteiger partial charge in [0.2, 0.25) is 5.88 Å². The van der Waals surface area contributed by atoms with Crippen LogP contribution in [0.15, 0.2) is 36.7 Å². The molecule has 0 radical (unpaired) electrons. The van der Waals surface area contributed by atoms with Crippen LogP contribution in [0.5, 0.6) is 5.88 Å². The van der Waals surface area contributed by atoms with E-state index in [0.717, 1.165) is 40.8 Å². The zero-order valence-electron chi connectivity index (χ0n) is 22.4. The Morgan fingerprint density at radius 1 is 0.811 bits per heavy atom. The molecule has 37 heavy (non-hydrogen) atoms. The summed E-state index contributed by atoms with van der Waals surface area (Å²) in [4.78, 5) is 17.3. The number of hydrogen-bond acceptors (Lipinski definition) is 5. The Morgan fingerprint density at radius 3 is 2.38 bits per heavy atom. The van der Waals surface area contributed by atoms with Crippen molar-refractivity contribution in [3.63, 3.8) is 0 Å². The Hall–Kier alpha value is -2.47. The molecule has 6 nitrogen and oxygen atoms in total. The summed E-state index contributed by atoms with van der Waals surface area (Å²) in [5.41, 5.74) is 3.10. The summed E-state index contributed by atoms with van der Waals surface area (Å²) in [7, 11) is 1.63. The van der Waals surface area contributed by atoms with Gasteiger partial charge < -0.3 is 9.30 Å². The van der Waals surface area contributed by atoms with E-state index in [1.807, 2.05) is 6.20 Å². The van der Waals surface area contributed by atoms with Crippen molar-refractivity contribution < 1.29 is 4.74 Å². The molecule has 2 aromatic heterocycles. The summed E-state index contributed by atoms with van der Waals surface area (Å²) < 4.78 is 7.79. The van der Waals surface area contributed by atoms with Gasteiger partial charge in [0.25, 0.3) is 0 Å². The van der Waals surface area contributed by atoms with Crippen molar-refractivity contribution in [3.8, 4) is 17.4 Å². The van der Waals surface area contributed by atoms with Gasteiger partial charge in [0, 0.05) is 24.2 Å². The van der Waals surface area contributed by atoms with E-state index in [1.165, 1.54) is 76.1 Å². The van der Waals surface area contributed by atoms with Gasteiger partial charge in [-0.15, -0.1) is 0 Å². The number of ether oxygens (including phenoxy) is 1. The van der Waals surface area contributed by atoms with Crippen LogP contribution in [0.3, 0.4) is 0 Å². The Morgan fingerprint density at radius 2 is 1.62 bits per heavy atom. The average Bonchev–Trinajstić information content (AvgIpc) is 3.23. The lowest BCUT2D eigenvalue weighted by Gasteiger charge is -2.56. The van der Waals surface area contributed by atoms with Gasteiger partial charge in [-0.2, -0.15) is 0 Å². The normalized spacial score (nSPS) is 34.3. The molecule has 196 valence electrons. The van der Waals surface area contributed by atoms with Crippen LogP contribution in [-0.2, 0) is 0 Å². The Labute approximate surface area is 220 Å². The first kappa shape index (κ1) is 23.6. The smallest absolute Gasteiger partial charge is 0.232 e. The number of hydrogen-bond donors (Lipinski definition) is 0. The highest BCUT2D eigenvalue weighted by molar-refractivity contribution is 5.80. The van der Waals surface area contributed by atoms with Crippen molar-refractivity contribution in [2.75, 3.05) is 7.11 Å². The molecule has 1 unspecified atom stereocenters. The second kappa shape index (κ2) is 9.68. The first-order chi connectivity index (χ1) is 18.2. The topological polar surface area (TPSA) is 56.1 Å². The standard InChI is InChI=1S/C31H41N5O/c1-20-11-12-23-16-25(17-29(20)35(23)24-14-21-7-3-4-8-22(13-21)15-24)36-28-10-6-5-9-26(28)34-31(36)27-18-33-30(37-2)19-32-27/h5-6,9-10,18-25,29H,3-4,7-8,11-17H2,1-2H3/t20-,21-,22+,23+,24?,25-,29+/m0/s1. The highest BCUT2D eigenvalue weighted by Crippen LogP contribution is 2.49. The van der Waals surface area contributed by atoms with Crippen LogP contribution >= 0.6 is 0 Å². The minimum Gasteiger partial charge on any atom is -0.480 e. The summed E-state index contributed by atoms with van der Waals surface area (Å²) in [6.45, 7) is 2.52. The third-order valence-corrected chi connectivity index (χ3v) is 10.3. The quantitative estimate of drug-likeness (QED) is 0.401. The zero-order valence-corrected chi connectivity index (χ0v) is 22.4. The van der Waals surface area contributed by atoms with Crippen molar-refractivity contribution in [1.82, 2.24) is 24.4 Å². The van der Waals surface area contributed by atoms with E-state index in [-0.39, 0.29) is 0 Å². The van der Waals surface area contributed by atoms with Crippen LogP contribution in [0.1, 0.15) is 83.6 Å². The highest BCUT2D eigenvalue weighted by Gasteiger charge is 2.47.